The van der Waals surface area contributed by atoms with Gasteiger partial charge in [-0.05, 0) is 25.0 Å². The molecule has 0 saturated carbocycles. The number of hydrogen-bond donors (Lipinski definition) is 1. The van der Waals surface area contributed by atoms with Gasteiger partial charge in [0.05, 0.1) is 0 Å². The molecule has 74 valence electrons. The zero-order chi connectivity index (χ0) is 10.2. The van der Waals surface area contributed by atoms with E-state index in [0.29, 0.717) is 0 Å². The van der Waals surface area contributed by atoms with E-state index < -0.39 is 0 Å². The summed E-state index contributed by atoms with van der Waals surface area (Å²) in [6.45, 7) is 4.98. The summed E-state index contributed by atoms with van der Waals surface area (Å²) < 4.78 is 0. The molecule has 0 spiro atoms. The highest BCUT2D eigenvalue weighted by molar-refractivity contribution is 5.51. The highest BCUT2D eigenvalue weighted by Gasteiger charge is 1.96. The number of nitrogens with one attached hydrogen (secondary N) is 1. The Morgan fingerprint density at radius 1 is 1.29 bits per heavy atom. The van der Waals surface area contributed by atoms with Crippen LogP contribution in [0.15, 0.2) is 24.3 Å². The predicted octanol–water partition coefficient (Wildman–Crippen LogP) is 3.07. The van der Waals surface area contributed by atoms with Crippen LogP contribution in [0.5, 0.6) is 0 Å². The lowest BCUT2D eigenvalue weighted by molar-refractivity contribution is 1.07. The van der Waals surface area contributed by atoms with Crippen LogP contribution in [0.4, 0.5) is 5.69 Å². The quantitative estimate of drug-likeness (QED) is 0.564. The lowest BCUT2D eigenvalue weighted by atomic mass is 10.1. The van der Waals surface area contributed by atoms with Gasteiger partial charge in [0.15, 0.2) is 0 Å². The molecule has 1 nitrogen and oxygen atoms in total. The SMILES string of the molecule is CC#CCCNc1ccccc1CC. The van der Waals surface area contributed by atoms with E-state index in [-0.39, 0.29) is 0 Å². The predicted molar refractivity (Wildman–Crippen MR) is 62.4 cm³/mol. The summed E-state index contributed by atoms with van der Waals surface area (Å²) in [4.78, 5) is 0. The van der Waals surface area contributed by atoms with Crippen molar-refractivity contribution in [2.75, 3.05) is 11.9 Å². The molecule has 0 fully saturated rings. The summed E-state index contributed by atoms with van der Waals surface area (Å²) in [6, 6.07) is 8.43. The Morgan fingerprint density at radius 2 is 2.07 bits per heavy atom. The Morgan fingerprint density at radius 3 is 2.79 bits per heavy atom. The maximum absolute atomic E-state index is 3.40. The van der Waals surface area contributed by atoms with Gasteiger partial charge < -0.3 is 5.32 Å². The Bertz CT molecular complexity index is 331. The van der Waals surface area contributed by atoms with Gasteiger partial charge in [-0.25, -0.2) is 0 Å². The molecule has 0 unspecified atom stereocenters. The first-order valence-corrected chi connectivity index (χ1v) is 5.10. The molecule has 0 aliphatic carbocycles. The highest BCUT2D eigenvalue weighted by Crippen LogP contribution is 2.14. The van der Waals surface area contributed by atoms with Crippen molar-refractivity contribution in [3.63, 3.8) is 0 Å². The van der Waals surface area contributed by atoms with Gasteiger partial charge >= 0.3 is 0 Å². The number of rotatable bonds is 4. The largest absolute Gasteiger partial charge is 0.384 e. The summed E-state index contributed by atoms with van der Waals surface area (Å²) in [6.07, 6.45) is 1.98. The summed E-state index contributed by atoms with van der Waals surface area (Å²) in [7, 11) is 0. The van der Waals surface area contributed by atoms with Crippen molar-refractivity contribution in [3.05, 3.63) is 29.8 Å². The molecule has 1 aromatic carbocycles. The van der Waals surface area contributed by atoms with Crippen LogP contribution in [0.3, 0.4) is 0 Å². The van der Waals surface area contributed by atoms with Crippen molar-refractivity contribution in [1.82, 2.24) is 0 Å². The van der Waals surface area contributed by atoms with Crippen LogP contribution in [0.2, 0.25) is 0 Å². The summed E-state index contributed by atoms with van der Waals surface area (Å²) in [5.41, 5.74) is 2.62. The second-order valence-electron chi connectivity index (χ2n) is 3.11. The number of hydrogen-bond acceptors (Lipinski definition) is 1. The van der Waals surface area contributed by atoms with E-state index in [9.17, 15) is 0 Å². The molecular weight excluding hydrogens is 170 g/mol. The van der Waals surface area contributed by atoms with E-state index in [4.69, 9.17) is 0 Å². The van der Waals surface area contributed by atoms with Crippen molar-refractivity contribution in [3.8, 4) is 11.8 Å². The van der Waals surface area contributed by atoms with Crippen LogP contribution in [0.1, 0.15) is 25.8 Å². The van der Waals surface area contributed by atoms with E-state index in [2.05, 4.69) is 48.3 Å². The Balaban J connectivity index is 2.51. The third-order valence-electron chi connectivity index (χ3n) is 2.14. The maximum Gasteiger partial charge on any atom is 0.0372 e. The van der Waals surface area contributed by atoms with Crippen LogP contribution in [0, 0.1) is 11.8 Å². The zero-order valence-corrected chi connectivity index (χ0v) is 8.93. The monoisotopic (exact) mass is 187 g/mol. The minimum absolute atomic E-state index is 0.911. The Hall–Kier alpha value is -1.42. The number of anilines is 1. The van der Waals surface area contributed by atoms with E-state index in [1.54, 1.807) is 0 Å². The molecule has 0 heterocycles. The van der Waals surface area contributed by atoms with Gasteiger partial charge in [-0.2, -0.15) is 0 Å². The van der Waals surface area contributed by atoms with Crippen LogP contribution in [0.25, 0.3) is 0 Å². The molecule has 14 heavy (non-hydrogen) atoms. The third-order valence-corrected chi connectivity index (χ3v) is 2.14. The van der Waals surface area contributed by atoms with Gasteiger partial charge in [0, 0.05) is 18.7 Å². The fourth-order valence-corrected chi connectivity index (χ4v) is 1.39. The molecule has 0 atom stereocenters. The number of para-hydroxylation sites is 1. The smallest absolute Gasteiger partial charge is 0.0372 e. The maximum atomic E-state index is 3.40. The Labute approximate surface area is 86.5 Å². The Kier molecular flexibility index (Phi) is 4.64. The molecule has 0 aromatic heterocycles. The zero-order valence-electron chi connectivity index (χ0n) is 8.93. The second kappa shape index (κ2) is 6.10. The summed E-state index contributed by atoms with van der Waals surface area (Å²) in [5.74, 6) is 5.94. The topological polar surface area (TPSA) is 12.0 Å². The van der Waals surface area contributed by atoms with E-state index in [1.807, 2.05) is 6.92 Å². The third kappa shape index (κ3) is 3.14. The van der Waals surface area contributed by atoms with Gasteiger partial charge in [-0.3, -0.25) is 0 Å². The molecule has 0 amide bonds. The molecule has 0 bridgehead atoms. The molecule has 0 saturated heterocycles. The highest BCUT2D eigenvalue weighted by atomic mass is 14.9. The van der Waals surface area contributed by atoms with Gasteiger partial charge in [0.25, 0.3) is 0 Å². The normalized spacial score (nSPS) is 9.00. The molecule has 1 heteroatoms. The van der Waals surface area contributed by atoms with Crippen molar-refractivity contribution >= 4 is 5.69 Å². The van der Waals surface area contributed by atoms with Crippen LogP contribution < -0.4 is 5.32 Å². The van der Waals surface area contributed by atoms with Gasteiger partial charge in [-0.1, -0.05) is 25.1 Å². The minimum atomic E-state index is 0.911. The van der Waals surface area contributed by atoms with Gasteiger partial charge in [0.2, 0.25) is 0 Å². The average Bonchev–Trinajstić information content (AvgIpc) is 2.25. The summed E-state index contributed by atoms with van der Waals surface area (Å²) >= 11 is 0. The molecule has 1 rings (SSSR count). The minimum Gasteiger partial charge on any atom is -0.384 e. The fraction of sp³-hybridized carbons (Fsp3) is 0.385. The molecule has 0 radical (unpaired) electrons. The average molecular weight is 187 g/mol. The first-order chi connectivity index (χ1) is 6.88. The lowest BCUT2D eigenvalue weighted by Gasteiger charge is -2.08. The van der Waals surface area contributed by atoms with Crippen molar-refractivity contribution < 1.29 is 0 Å². The van der Waals surface area contributed by atoms with E-state index >= 15 is 0 Å². The van der Waals surface area contributed by atoms with Crippen LogP contribution in [-0.4, -0.2) is 6.54 Å². The number of benzene rings is 1. The molecule has 0 aliphatic rings. The van der Waals surface area contributed by atoms with Gasteiger partial charge in [-0.15, -0.1) is 11.8 Å². The molecule has 0 aliphatic heterocycles. The molecule has 1 N–H and O–H groups in total. The van der Waals surface area contributed by atoms with E-state index in [0.717, 1.165) is 19.4 Å². The number of aryl methyl sites for hydroxylation is 1. The van der Waals surface area contributed by atoms with Crippen LogP contribution in [-0.2, 0) is 6.42 Å². The molecule has 1 aromatic rings. The van der Waals surface area contributed by atoms with Gasteiger partial charge in [0.1, 0.15) is 0 Å². The van der Waals surface area contributed by atoms with Crippen molar-refractivity contribution in [2.45, 2.75) is 26.7 Å². The standard InChI is InChI=1S/C13H17N/c1-3-5-8-11-14-13-10-7-6-9-12(13)4-2/h6-7,9-10,14H,4,8,11H2,1-2H3. The second-order valence-corrected chi connectivity index (χ2v) is 3.11. The first kappa shape index (κ1) is 10.7. The van der Waals surface area contributed by atoms with Crippen LogP contribution >= 0.6 is 0 Å². The lowest BCUT2D eigenvalue weighted by Crippen LogP contribution is -2.02. The molecular formula is C13H17N. The van der Waals surface area contributed by atoms with Crippen molar-refractivity contribution in [1.29, 1.82) is 0 Å². The first-order valence-electron chi connectivity index (χ1n) is 5.10. The summed E-state index contributed by atoms with van der Waals surface area (Å²) in [5, 5.41) is 3.40. The van der Waals surface area contributed by atoms with E-state index in [1.165, 1.54) is 11.3 Å². The van der Waals surface area contributed by atoms with Crippen molar-refractivity contribution in [2.24, 2.45) is 0 Å². The fourth-order valence-electron chi connectivity index (χ4n) is 1.39.